The van der Waals surface area contributed by atoms with Gasteiger partial charge in [0.1, 0.15) is 0 Å². The van der Waals surface area contributed by atoms with E-state index in [-0.39, 0.29) is 20.1 Å². The minimum Gasteiger partial charge on any atom is 0 e. The molecule has 0 spiro atoms. The van der Waals surface area contributed by atoms with Crippen molar-refractivity contribution in [2.24, 2.45) is 0 Å². The molecule has 0 saturated heterocycles. The average Bonchev–Trinajstić information content (AvgIpc) is 2.44. The van der Waals surface area contributed by atoms with Gasteiger partial charge in [0.15, 0.2) is 0 Å². The molecular weight excluding hydrogens is 599 g/mol. The Morgan fingerprint density at radius 1 is 0.464 bits per heavy atom. The van der Waals surface area contributed by atoms with Crippen LogP contribution >= 0.6 is 39.5 Å². The Labute approximate surface area is 199 Å². The van der Waals surface area contributed by atoms with Gasteiger partial charge in [-0.1, -0.05) is 0 Å². The van der Waals surface area contributed by atoms with Crippen LogP contribution in [0.2, 0.25) is 0 Å². The minimum absolute atomic E-state index is 0. The van der Waals surface area contributed by atoms with E-state index in [1.54, 1.807) is 12.5 Å². The van der Waals surface area contributed by atoms with Gasteiger partial charge < -0.3 is 25.3 Å². The quantitative estimate of drug-likeness (QED) is 0.163. The van der Waals surface area contributed by atoms with Gasteiger partial charge in [-0.2, -0.15) is 12.5 Å². The van der Waals surface area contributed by atoms with Gasteiger partial charge in [-0.05, 0) is 78.0 Å². The molecule has 0 aliphatic carbocycles. The van der Waals surface area contributed by atoms with Crippen molar-refractivity contribution in [3.8, 4) is 0 Å². The topological polar surface area (TPSA) is 0 Å². The van der Waals surface area contributed by atoms with E-state index in [4.69, 9.17) is 0 Å². The summed E-state index contributed by atoms with van der Waals surface area (Å²) in [6, 6.07) is 0. The van der Waals surface area contributed by atoms with Gasteiger partial charge in [-0.15, -0.1) is 31.7 Å². The van der Waals surface area contributed by atoms with Crippen LogP contribution in [-0.2, 0) is 45.4 Å². The third-order valence-electron chi connectivity index (χ3n) is 1.99. The summed E-state index contributed by atoms with van der Waals surface area (Å²) in [6.45, 7) is 18.8. The van der Waals surface area contributed by atoms with Gasteiger partial charge in [-0.3, -0.25) is 0 Å². The van der Waals surface area contributed by atoms with Crippen LogP contribution in [-0.4, -0.2) is 90.5 Å². The molecule has 28 heavy (non-hydrogen) atoms. The second kappa shape index (κ2) is 21.9. The molecule has 0 bridgehead atoms. The molecule has 0 aliphatic rings. The van der Waals surface area contributed by atoms with Gasteiger partial charge >= 0.3 is 33.0 Å². The van der Waals surface area contributed by atoms with E-state index in [0.29, 0.717) is 31.7 Å². The van der Waals surface area contributed by atoms with Crippen LogP contribution in [0.1, 0.15) is 0 Å². The molecule has 0 rings (SSSR count). The molecule has 183 valence electrons. The molecule has 0 unspecified atom stereocenters. The molecule has 0 nitrogen and oxygen atoms in total. The standard InChI is InChI=1S/2C6H16P2.2CH4S.F6P.Tc/c2*1-7(2)5-6-8(3)4;2*1-2;1-7(2,3,4,5)6;/h2*5-6H2,1-4H3;2*2H,1H3;;/q;;;;-1;/p-2. The first-order chi connectivity index (χ1) is 11.7. The third kappa shape index (κ3) is 134. The van der Waals surface area contributed by atoms with E-state index in [0.717, 1.165) is 0 Å². The van der Waals surface area contributed by atoms with Crippen molar-refractivity contribution in [3.05, 3.63) is 0 Å². The summed E-state index contributed by atoms with van der Waals surface area (Å²) >= 11 is 8.17. The fourth-order valence-electron chi connectivity index (χ4n) is 0.800. The maximum Gasteiger partial charge on any atom is 0 e. The summed E-state index contributed by atoms with van der Waals surface area (Å²) in [5.74, 6) is 0. The average molecular weight is 637 g/mol. The Morgan fingerprint density at radius 2 is 0.536 bits per heavy atom. The normalized spacial score (nSPS) is 12.6. The summed E-state index contributed by atoms with van der Waals surface area (Å²) in [5, 5.41) is 0. The molecular formula is C14H38F6P5S2Tc-3. The Balaban J connectivity index is -0.0000000584. The smallest absolute Gasteiger partial charge is 0 e. The molecule has 0 aliphatic heterocycles. The van der Waals surface area contributed by atoms with Crippen LogP contribution in [0.3, 0.4) is 0 Å². The maximum atomic E-state index is 9.87. The molecule has 0 N–H and O–H groups in total. The number of halogens is 6. The van der Waals surface area contributed by atoms with Crippen LogP contribution < -0.4 is 0 Å². The SMILES string of the molecule is CP(C)CCP(C)C.CP(C)CCP(C)C.C[S-].C[S-].F[P-](F)(F)(F)(F)F.[Tc]. The molecule has 0 heterocycles. The molecule has 14 heteroatoms. The van der Waals surface area contributed by atoms with Crippen LogP contribution in [0.4, 0.5) is 25.2 Å². The zero-order chi connectivity index (χ0) is 23.5. The minimum atomic E-state index is -10.7. The Hall–Kier alpha value is 3.08. The number of hydrogen-bond acceptors (Lipinski definition) is 2. The van der Waals surface area contributed by atoms with Crippen LogP contribution in [0, 0.1) is 0 Å². The molecule has 0 atom stereocenters. The van der Waals surface area contributed by atoms with Gasteiger partial charge in [0, 0.05) is 20.1 Å². The van der Waals surface area contributed by atoms with Crippen molar-refractivity contribution in [1.82, 2.24) is 0 Å². The fourth-order valence-corrected chi connectivity index (χ4v) is 7.20. The zero-order valence-corrected chi connectivity index (χ0v) is 26.5. The number of hydrogen-bond donors (Lipinski definition) is 0. The first-order valence-corrected chi connectivity index (χ1v) is 21.0. The van der Waals surface area contributed by atoms with E-state index >= 15 is 0 Å². The Kier molecular flexibility index (Phi) is 35.0. The van der Waals surface area contributed by atoms with Crippen molar-refractivity contribution in [2.75, 3.05) is 90.5 Å². The van der Waals surface area contributed by atoms with E-state index in [1.807, 2.05) is 0 Å². The second-order valence-corrected chi connectivity index (χ2v) is 18.5. The van der Waals surface area contributed by atoms with E-state index in [9.17, 15) is 25.2 Å². The first-order valence-electron chi connectivity index (χ1n) is 7.67. The molecule has 0 aromatic rings. The monoisotopic (exact) mass is 636 g/mol. The van der Waals surface area contributed by atoms with Crippen molar-refractivity contribution < 1.29 is 45.3 Å². The maximum absolute atomic E-state index is 10.7. The Bertz CT molecular complexity index is 261. The third-order valence-corrected chi connectivity index (χ3v) is 7.17. The Morgan fingerprint density at radius 3 is 0.571 bits per heavy atom. The molecule has 0 fully saturated rings. The molecule has 0 aromatic heterocycles. The summed E-state index contributed by atoms with van der Waals surface area (Å²) < 4.78 is 59.2. The molecule has 0 amide bonds. The van der Waals surface area contributed by atoms with Gasteiger partial charge in [0.2, 0.25) is 0 Å². The second-order valence-electron chi connectivity index (χ2n) is 6.17. The van der Waals surface area contributed by atoms with E-state index in [2.05, 4.69) is 78.6 Å². The van der Waals surface area contributed by atoms with Crippen molar-refractivity contribution in [1.29, 1.82) is 0 Å². The number of rotatable bonds is 6. The molecule has 0 saturated carbocycles. The van der Waals surface area contributed by atoms with E-state index in [1.165, 1.54) is 24.6 Å². The fraction of sp³-hybridized carbons (Fsp3) is 1.00. The summed E-state index contributed by atoms with van der Waals surface area (Å²) in [4.78, 5) is 0. The van der Waals surface area contributed by atoms with Crippen molar-refractivity contribution in [2.45, 2.75) is 0 Å². The van der Waals surface area contributed by atoms with Gasteiger partial charge in [-0.25, -0.2) is 0 Å². The van der Waals surface area contributed by atoms with Crippen LogP contribution in [0.5, 0.6) is 0 Å². The summed E-state index contributed by atoms with van der Waals surface area (Å²) in [7, 11) is -9.12. The predicted octanol–water partition coefficient (Wildman–Crippen LogP) is 8.64. The molecule has 1 radical (unpaired) electrons. The first kappa shape index (κ1) is 44.7. The molecule has 0 aromatic carbocycles. The van der Waals surface area contributed by atoms with E-state index < -0.39 is 7.81 Å². The summed E-state index contributed by atoms with van der Waals surface area (Å²) in [6.07, 6.45) is 9.09. The van der Waals surface area contributed by atoms with Gasteiger partial charge in [0.25, 0.3) is 0 Å². The van der Waals surface area contributed by atoms with Crippen molar-refractivity contribution >= 4 is 64.8 Å². The van der Waals surface area contributed by atoms with Crippen LogP contribution in [0.15, 0.2) is 0 Å². The van der Waals surface area contributed by atoms with Gasteiger partial charge in [0.05, 0.1) is 0 Å². The predicted molar refractivity (Wildman–Crippen MR) is 135 cm³/mol. The largest absolute Gasteiger partial charge is 0 e. The van der Waals surface area contributed by atoms with Crippen molar-refractivity contribution in [3.63, 3.8) is 0 Å². The van der Waals surface area contributed by atoms with Crippen LogP contribution in [0.25, 0.3) is 0 Å². The zero-order valence-electron chi connectivity index (χ0n) is 18.5. The summed E-state index contributed by atoms with van der Waals surface area (Å²) in [5.41, 5.74) is 0.